The lowest BCUT2D eigenvalue weighted by molar-refractivity contribution is 0.0361. The fourth-order valence-electron chi connectivity index (χ4n) is 5.47. The summed E-state index contributed by atoms with van der Waals surface area (Å²) in [6.45, 7) is 3.45. The van der Waals surface area contributed by atoms with E-state index in [4.69, 9.17) is 0 Å². The predicted molar refractivity (Wildman–Crippen MR) is 111 cm³/mol. The maximum Gasteiger partial charge on any atom is 0.270 e. The number of rotatable bonds is 1. The molecule has 0 saturated carbocycles. The number of amides is 1. The first-order valence-corrected chi connectivity index (χ1v) is 10.1. The Labute approximate surface area is 165 Å². The van der Waals surface area contributed by atoms with E-state index < -0.39 is 0 Å². The standard InChI is InChI=1S/C24H26N2O2/c1-16-6-5-8-18-14-20(25(2)22(16)18)23(28)26-12-10-24(11-13-26)19-9-4-3-7-17(19)15-21(24)27/h3-9,14,21,27H,10-13,15H2,1-2H3/t21-/m0/s1. The van der Waals surface area contributed by atoms with Crippen molar-refractivity contribution in [2.75, 3.05) is 13.1 Å². The molecule has 4 nitrogen and oxygen atoms in total. The van der Waals surface area contributed by atoms with Gasteiger partial charge in [0.05, 0.1) is 11.6 Å². The monoisotopic (exact) mass is 374 g/mol. The van der Waals surface area contributed by atoms with E-state index in [9.17, 15) is 9.90 Å². The van der Waals surface area contributed by atoms with E-state index in [0.29, 0.717) is 13.1 Å². The predicted octanol–water partition coefficient (Wildman–Crippen LogP) is 3.58. The van der Waals surface area contributed by atoms with Gasteiger partial charge in [-0.15, -0.1) is 0 Å². The molecule has 1 aromatic heterocycles. The minimum atomic E-state index is -0.345. The average Bonchev–Trinajstić information content (AvgIpc) is 3.18. The number of hydrogen-bond acceptors (Lipinski definition) is 2. The van der Waals surface area contributed by atoms with E-state index in [1.54, 1.807) is 0 Å². The van der Waals surface area contributed by atoms with Crippen LogP contribution in [0.2, 0.25) is 0 Å². The maximum atomic E-state index is 13.3. The van der Waals surface area contributed by atoms with Crippen LogP contribution in [0.3, 0.4) is 0 Å². The van der Waals surface area contributed by atoms with E-state index in [2.05, 4.69) is 37.3 Å². The molecule has 2 aromatic carbocycles. The maximum absolute atomic E-state index is 13.3. The number of aliphatic hydroxyl groups excluding tert-OH is 1. The second kappa shape index (κ2) is 6.21. The molecule has 0 bridgehead atoms. The van der Waals surface area contributed by atoms with Gasteiger partial charge in [0.25, 0.3) is 5.91 Å². The molecule has 1 aliphatic carbocycles. The molecular weight excluding hydrogens is 348 g/mol. The molecule has 2 heterocycles. The summed E-state index contributed by atoms with van der Waals surface area (Å²) in [4.78, 5) is 15.2. The van der Waals surface area contributed by atoms with Crippen molar-refractivity contribution in [3.63, 3.8) is 0 Å². The third-order valence-corrected chi connectivity index (χ3v) is 7.02. The van der Waals surface area contributed by atoms with Gasteiger partial charge >= 0.3 is 0 Å². The third-order valence-electron chi connectivity index (χ3n) is 7.02. The van der Waals surface area contributed by atoms with Crippen LogP contribution < -0.4 is 0 Å². The summed E-state index contributed by atoms with van der Waals surface area (Å²) < 4.78 is 2.02. The largest absolute Gasteiger partial charge is 0.392 e. The smallest absolute Gasteiger partial charge is 0.270 e. The SMILES string of the molecule is Cc1cccc2cc(C(=O)N3CCC4(CC3)c3ccccc3C[C@@H]4O)n(C)c12. The molecule has 2 aliphatic rings. The summed E-state index contributed by atoms with van der Waals surface area (Å²) in [6.07, 6.45) is 2.02. The van der Waals surface area contributed by atoms with Gasteiger partial charge in [-0.2, -0.15) is 0 Å². The van der Waals surface area contributed by atoms with Gasteiger partial charge in [-0.05, 0) is 48.9 Å². The summed E-state index contributed by atoms with van der Waals surface area (Å²) in [7, 11) is 1.98. The minimum absolute atomic E-state index is 0.0914. The van der Waals surface area contributed by atoms with E-state index in [-0.39, 0.29) is 17.4 Å². The normalized spacial score (nSPS) is 20.7. The molecule has 1 aliphatic heterocycles. The van der Waals surface area contributed by atoms with Crippen LogP contribution in [0.15, 0.2) is 48.5 Å². The van der Waals surface area contributed by atoms with E-state index in [0.717, 1.165) is 35.9 Å². The molecule has 3 aromatic rings. The van der Waals surface area contributed by atoms with Crippen LogP contribution in [-0.2, 0) is 18.9 Å². The average molecular weight is 374 g/mol. The second-order valence-electron chi connectivity index (χ2n) is 8.43. The summed E-state index contributed by atoms with van der Waals surface area (Å²) in [5, 5.41) is 11.9. The number of para-hydroxylation sites is 1. The number of hydrogen-bond donors (Lipinski definition) is 1. The molecule has 0 radical (unpaired) electrons. The number of carbonyl (C=O) groups excluding carboxylic acids is 1. The lowest BCUT2D eigenvalue weighted by atomic mass is 9.72. The minimum Gasteiger partial charge on any atom is -0.392 e. The first kappa shape index (κ1) is 17.5. The Morgan fingerprint density at radius 1 is 1.11 bits per heavy atom. The Morgan fingerprint density at radius 3 is 2.61 bits per heavy atom. The molecular formula is C24H26N2O2. The van der Waals surface area contributed by atoms with Gasteiger partial charge in [-0.25, -0.2) is 0 Å². The fraction of sp³-hybridized carbons (Fsp3) is 0.375. The van der Waals surface area contributed by atoms with Gasteiger partial charge in [0, 0.05) is 30.9 Å². The fourth-order valence-corrected chi connectivity index (χ4v) is 5.47. The molecule has 1 saturated heterocycles. The highest BCUT2D eigenvalue weighted by Gasteiger charge is 2.48. The van der Waals surface area contributed by atoms with Gasteiger partial charge in [-0.1, -0.05) is 42.5 Å². The van der Waals surface area contributed by atoms with E-state index >= 15 is 0 Å². The highest BCUT2D eigenvalue weighted by atomic mass is 16.3. The van der Waals surface area contributed by atoms with Gasteiger partial charge in [0.2, 0.25) is 0 Å². The topological polar surface area (TPSA) is 45.5 Å². The number of likely N-dealkylation sites (tertiary alicyclic amines) is 1. The van der Waals surface area contributed by atoms with Crippen molar-refractivity contribution in [2.45, 2.75) is 37.7 Å². The Bertz CT molecular complexity index is 1070. The van der Waals surface area contributed by atoms with Crippen molar-refractivity contribution >= 4 is 16.8 Å². The highest BCUT2D eigenvalue weighted by molar-refractivity contribution is 5.99. The Hall–Kier alpha value is -2.59. The molecule has 0 unspecified atom stereocenters. The second-order valence-corrected chi connectivity index (χ2v) is 8.43. The van der Waals surface area contributed by atoms with Crippen LogP contribution in [-0.4, -0.2) is 39.7 Å². The van der Waals surface area contributed by atoms with Crippen molar-refractivity contribution in [1.29, 1.82) is 0 Å². The van der Waals surface area contributed by atoms with Crippen LogP contribution >= 0.6 is 0 Å². The van der Waals surface area contributed by atoms with Crippen molar-refractivity contribution in [3.05, 3.63) is 70.9 Å². The Morgan fingerprint density at radius 2 is 1.86 bits per heavy atom. The Balaban J connectivity index is 1.42. The highest BCUT2D eigenvalue weighted by Crippen LogP contribution is 2.46. The lowest BCUT2D eigenvalue weighted by Crippen LogP contribution is -2.49. The number of aromatic nitrogens is 1. The quantitative estimate of drug-likeness (QED) is 0.708. The summed E-state index contributed by atoms with van der Waals surface area (Å²) >= 11 is 0. The molecule has 5 rings (SSSR count). The summed E-state index contributed by atoms with van der Waals surface area (Å²) in [6, 6.07) is 16.6. The Kier molecular flexibility index (Phi) is 3.88. The lowest BCUT2D eigenvalue weighted by Gasteiger charge is -2.42. The van der Waals surface area contributed by atoms with Crippen LogP contribution in [0.25, 0.3) is 10.9 Å². The number of piperidine rings is 1. The number of aliphatic hydroxyl groups is 1. The molecule has 1 fully saturated rings. The van der Waals surface area contributed by atoms with Gasteiger partial charge in [0.15, 0.2) is 0 Å². The molecule has 1 N–H and O–H groups in total. The number of nitrogens with zero attached hydrogens (tertiary/aromatic N) is 2. The van der Waals surface area contributed by atoms with E-state index in [1.807, 2.05) is 34.7 Å². The zero-order valence-corrected chi connectivity index (χ0v) is 16.5. The molecule has 1 atom stereocenters. The van der Waals surface area contributed by atoms with Crippen LogP contribution in [0.4, 0.5) is 0 Å². The van der Waals surface area contributed by atoms with Crippen LogP contribution in [0.1, 0.15) is 40.0 Å². The van der Waals surface area contributed by atoms with Gasteiger partial charge in [-0.3, -0.25) is 4.79 Å². The van der Waals surface area contributed by atoms with Crippen molar-refractivity contribution in [3.8, 4) is 0 Å². The third kappa shape index (κ3) is 2.37. The molecule has 1 amide bonds. The first-order chi connectivity index (χ1) is 13.5. The van der Waals surface area contributed by atoms with Gasteiger partial charge in [0.1, 0.15) is 5.69 Å². The molecule has 1 spiro atoms. The molecule has 28 heavy (non-hydrogen) atoms. The van der Waals surface area contributed by atoms with Crippen LogP contribution in [0, 0.1) is 6.92 Å². The molecule has 144 valence electrons. The van der Waals surface area contributed by atoms with E-state index in [1.165, 1.54) is 16.7 Å². The number of benzene rings is 2. The first-order valence-electron chi connectivity index (χ1n) is 10.1. The van der Waals surface area contributed by atoms with Crippen LogP contribution in [0.5, 0.6) is 0 Å². The molecule has 4 heteroatoms. The number of aryl methyl sites for hydroxylation is 2. The number of carbonyl (C=O) groups is 1. The van der Waals surface area contributed by atoms with Crippen molar-refractivity contribution < 1.29 is 9.90 Å². The van der Waals surface area contributed by atoms with Gasteiger partial charge < -0.3 is 14.6 Å². The zero-order valence-electron chi connectivity index (χ0n) is 16.5. The van der Waals surface area contributed by atoms with Crippen molar-refractivity contribution in [1.82, 2.24) is 9.47 Å². The summed E-state index contributed by atoms with van der Waals surface area (Å²) in [5.74, 6) is 0.0914. The zero-order chi connectivity index (χ0) is 19.5. The van der Waals surface area contributed by atoms with Crippen molar-refractivity contribution in [2.24, 2.45) is 7.05 Å². The number of fused-ring (bicyclic) bond motifs is 3. The summed E-state index contributed by atoms with van der Waals surface area (Å²) in [5.41, 5.74) is 5.41.